The third kappa shape index (κ3) is 3.36. The maximum absolute atomic E-state index is 13.1. The van der Waals surface area contributed by atoms with Gasteiger partial charge in [0.05, 0.1) is 17.6 Å². The second kappa shape index (κ2) is 7.23. The summed E-state index contributed by atoms with van der Waals surface area (Å²) in [5.74, 6) is -0.898. The third-order valence-corrected chi connectivity index (χ3v) is 4.62. The fraction of sp³-hybridized carbons (Fsp3) is 0.0952. The lowest BCUT2D eigenvalue weighted by molar-refractivity contribution is 0.0991. The zero-order valence-corrected chi connectivity index (χ0v) is 15.7. The van der Waals surface area contributed by atoms with Gasteiger partial charge in [0.15, 0.2) is 5.76 Å². The number of carbonyl (C=O) groups is 1. The standard InChI is InChI=1S/C21H17FN4O3/c1-13-18(21(28)26(25(13)2)16-6-4-3-5-7-16)24-19(27)20-23-12-17(29-20)14-8-10-15(22)11-9-14/h3-12H,1-2H3,(H,24,27). The van der Waals surface area contributed by atoms with Crippen LogP contribution < -0.4 is 10.9 Å². The average molecular weight is 392 g/mol. The first kappa shape index (κ1) is 18.4. The minimum atomic E-state index is -0.649. The summed E-state index contributed by atoms with van der Waals surface area (Å²) in [5, 5.41) is 2.59. The van der Waals surface area contributed by atoms with Gasteiger partial charge in [-0.1, -0.05) is 18.2 Å². The first-order valence-electron chi connectivity index (χ1n) is 8.83. The Hall–Kier alpha value is -3.94. The number of aromatic nitrogens is 3. The number of halogens is 1. The van der Waals surface area contributed by atoms with Crippen LogP contribution in [0.25, 0.3) is 17.0 Å². The van der Waals surface area contributed by atoms with Crippen LogP contribution in [0.5, 0.6) is 0 Å². The quantitative estimate of drug-likeness (QED) is 0.576. The van der Waals surface area contributed by atoms with Gasteiger partial charge in [-0.05, 0) is 43.3 Å². The lowest BCUT2D eigenvalue weighted by Crippen LogP contribution is -2.23. The van der Waals surface area contributed by atoms with Crippen molar-refractivity contribution in [1.29, 1.82) is 0 Å². The van der Waals surface area contributed by atoms with Crippen molar-refractivity contribution >= 4 is 11.6 Å². The van der Waals surface area contributed by atoms with E-state index in [1.165, 1.54) is 35.1 Å². The summed E-state index contributed by atoms with van der Waals surface area (Å²) in [6.45, 7) is 1.73. The largest absolute Gasteiger partial charge is 0.432 e. The minimum absolute atomic E-state index is 0.142. The van der Waals surface area contributed by atoms with E-state index < -0.39 is 5.91 Å². The normalized spacial score (nSPS) is 10.9. The highest BCUT2D eigenvalue weighted by atomic mass is 19.1. The molecule has 2 aromatic carbocycles. The van der Waals surface area contributed by atoms with E-state index in [-0.39, 0.29) is 23.0 Å². The van der Waals surface area contributed by atoms with E-state index in [1.54, 1.807) is 30.8 Å². The Morgan fingerprint density at radius 3 is 2.48 bits per heavy atom. The Labute approximate surface area is 165 Å². The van der Waals surface area contributed by atoms with Gasteiger partial charge in [0, 0.05) is 12.6 Å². The van der Waals surface area contributed by atoms with E-state index in [1.807, 2.05) is 18.2 Å². The van der Waals surface area contributed by atoms with Crippen LogP contribution in [0, 0.1) is 12.7 Å². The Balaban J connectivity index is 1.63. The number of nitrogens with one attached hydrogen (secondary N) is 1. The van der Waals surface area contributed by atoms with E-state index in [0.717, 1.165) is 0 Å². The number of benzene rings is 2. The highest BCUT2D eigenvalue weighted by Crippen LogP contribution is 2.21. The van der Waals surface area contributed by atoms with Crippen molar-refractivity contribution in [2.75, 3.05) is 5.32 Å². The average Bonchev–Trinajstić information content (AvgIpc) is 3.29. The number of carbonyl (C=O) groups excluding carboxylic acids is 1. The van der Waals surface area contributed by atoms with Gasteiger partial charge in [0.1, 0.15) is 11.5 Å². The van der Waals surface area contributed by atoms with Crippen LogP contribution in [0.4, 0.5) is 10.1 Å². The van der Waals surface area contributed by atoms with Gasteiger partial charge in [-0.15, -0.1) is 0 Å². The lowest BCUT2D eigenvalue weighted by Gasteiger charge is -2.07. The first-order valence-corrected chi connectivity index (χ1v) is 8.83. The molecule has 8 heteroatoms. The van der Waals surface area contributed by atoms with Crippen LogP contribution >= 0.6 is 0 Å². The molecule has 0 saturated carbocycles. The molecule has 0 aliphatic rings. The predicted molar refractivity (Wildman–Crippen MR) is 106 cm³/mol. The monoisotopic (exact) mass is 392 g/mol. The lowest BCUT2D eigenvalue weighted by atomic mass is 10.2. The van der Waals surface area contributed by atoms with Gasteiger partial charge >= 0.3 is 5.91 Å². The molecule has 146 valence electrons. The van der Waals surface area contributed by atoms with Crippen LogP contribution in [0.3, 0.4) is 0 Å². The number of oxazole rings is 1. The molecule has 2 aromatic heterocycles. The van der Waals surface area contributed by atoms with Gasteiger partial charge in [-0.2, -0.15) is 0 Å². The van der Waals surface area contributed by atoms with Crippen molar-refractivity contribution in [3.05, 3.63) is 88.5 Å². The first-order chi connectivity index (χ1) is 14.0. The third-order valence-electron chi connectivity index (χ3n) is 4.62. The molecule has 0 spiro atoms. The highest BCUT2D eigenvalue weighted by molar-refractivity contribution is 6.01. The van der Waals surface area contributed by atoms with Gasteiger partial charge in [-0.25, -0.2) is 14.1 Å². The highest BCUT2D eigenvalue weighted by Gasteiger charge is 2.21. The molecule has 1 N–H and O–H groups in total. The maximum Gasteiger partial charge on any atom is 0.311 e. The molecule has 0 aliphatic carbocycles. The van der Waals surface area contributed by atoms with Crippen LogP contribution in [-0.2, 0) is 7.05 Å². The van der Waals surface area contributed by atoms with Crippen molar-refractivity contribution in [1.82, 2.24) is 14.3 Å². The Bertz CT molecular complexity index is 1240. The van der Waals surface area contributed by atoms with E-state index in [0.29, 0.717) is 22.7 Å². The zero-order chi connectivity index (χ0) is 20.5. The summed E-state index contributed by atoms with van der Waals surface area (Å²) >= 11 is 0. The number of amides is 1. The molecule has 0 radical (unpaired) electrons. The summed E-state index contributed by atoms with van der Waals surface area (Å²) in [7, 11) is 1.73. The number of para-hydroxylation sites is 1. The van der Waals surface area contributed by atoms with Crippen LogP contribution in [0.15, 0.2) is 70.0 Å². The molecule has 4 rings (SSSR count). The van der Waals surface area contributed by atoms with Gasteiger partial charge in [-0.3, -0.25) is 14.3 Å². The molecule has 1 amide bonds. The van der Waals surface area contributed by atoms with Crippen LogP contribution in [-0.4, -0.2) is 20.3 Å². The second-order valence-electron chi connectivity index (χ2n) is 6.43. The molecule has 0 saturated heterocycles. The van der Waals surface area contributed by atoms with Crippen LogP contribution in [0.1, 0.15) is 16.4 Å². The molecule has 0 unspecified atom stereocenters. The molecule has 0 atom stereocenters. The maximum atomic E-state index is 13.1. The fourth-order valence-electron chi connectivity index (χ4n) is 3.01. The number of hydrogen-bond acceptors (Lipinski definition) is 4. The summed E-state index contributed by atoms with van der Waals surface area (Å²) in [6.07, 6.45) is 1.38. The molecule has 7 nitrogen and oxygen atoms in total. The topological polar surface area (TPSA) is 82.1 Å². The van der Waals surface area contributed by atoms with Crippen molar-refractivity contribution in [2.45, 2.75) is 6.92 Å². The summed E-state index contributed by atoms with van der Waals surface area (Å²) in [5.41, 5.74) is 1.62. The molecule has 4 aromatic rings. The van der Waals surface area contributed by atoms with Crippen molar-refractivity contribution in [3.63, 3.8) is 0 Å². The second-order valence-corrected chi connectivity index (χ2v) is 6.43. The van der Waals surface area contributed by atoms with Crippen molar-refractivity contribution in [2.24, 2.45) is 7.05 Å². The molecule has 29 heavy (non-hydrogen) atoms. The SMILES string of the molecule is Cc1c(NC(=O)c2ncc(-c3ccc(F)cc3)o2)c(=O)n(-c2ccccc2)n1C. The Morgan fingerprint density at radius 1 is 1.10 bits per heavy atom. The van der Waals surface area contributed by atoms with Crippen molar-refractivity contribution in [3.8, 4) is 17.0 Å². The minimum Gasteiger partial charge on any atom is -0.432 e. The summed E-state index contributed by atoms with van der Waals surface area (Å²) in [6, 6.07) is 14.7. The number of anilines is 1. The molecule has 0 fully saturated rings. The molecular formula is C21H17FN4O3. The Morgan fingerprint density at radius 2 is 1.79 bits per heavy atom. The van der Waals surface area contributed by atoms with Gasteiger partial charge in [0.2, 0.25) is 0 Å². The predicted octanol–water partition coefficient (Wildman–Crippen LogP) is 3.53. The number of nitrogens with zero attached hydrogens (tertiary/aromatic N) is 3. The molecule has 2 heterocycles. The molecule has 0 bridgehead atoms. The van der Waals surface area contributed by atoms with Crippen LogP contribution in [0.2, 0.25) is 0 Å². The smallest absolute Gasteiger partial charge is 0.311 e. The summed E-state index contributed by atoms with van der Waals surface area (Å²) < 4.78 is 21.7. The van der Waals surface area contributed by atoms with Gasteiger partial charge < -0.3 is 9.73 Å². The fourth-order valence-corrected chi connectivity index (χ4v) is 3.01. The van der Waals surface area contributed by atoms with Gasteiger partial charge in [0.25, 0.3) is 11.4 Å². The summed E-state index contributed by atoms with van der Waals surface area (Å²) in [4.78, 5) is 29.4. The molecular weight excluding hydrogens is 375 g/mol. The van der Waals surface area contributed by atoms with E-state index in [9.17, 15) is 14.0 Å². The van der Waals surface area contributed by atoms with Crippen molar-refractivity contribution < 1.29 is 13.6 Å². The number of rotatable bonds is 4. The Kier molecular flexibility index (Phi) is 4.59. The molecule has 0 aliphatic heterocycles. The zero-order valence-electron chi connectivity index (χ0n) is 15.7. The van der Waals surface area contributed by atoms with E-state index in [4.69, 9.17) is 4.42 Å². The van der Waals surface area contributed by atoms with E-state index in [2.05, 4.69) is 10.3 Å². The van der Waals surface area contributed by atoms with E-state index >= 15 is 0 Å². The number of hydrogen-bond donors (Lipinski definition) is 1.